The van der Waals surface area contributed by atoms with Crippen LogP contribution < -0.4 is 0 Å². The molecule has 0 aliphatic carbocycles. The molecule has 0 spiro atoms. The van der Waals surface area contributed by atoms with Crippen molar-refractivity contribution in [1.82, 2.24) is 0 Å². The minimum atomic E-state index is 0.197. The Labute approximate surface area is 135 Å². The summed E-state index contributed by atoms with van der Waals surface area (Å²) in [5.74, 6) is 0. The van der Waals surface area contributed by atoms with Gasteiger partial charge in [-0.3, -0.25) is 0 Å². The zero-order valence-electron chi connectivity index (χ0n) is 8.99. The maximum Gasteiger partial charge on any atom is 0.0887 e. The highest BCUT2D eigenvalue weighted by atomic mass is 79.9. The Kier molecular flexibility index (Phi) is 3.83. The summed E-state index contributed by atoms with van der Waals surface area (Å²) in [5.41, 5.74) is 1.31. The molecule has 0 fully saturated rings. The zero-order chi connectivity index (χ0) is 12.7. The van der Waals surface area contributed by atoms with Crippen molar-refractivity contribution in [3.8, 4) is 0 Å². The van der Waals surface area contributed by atoms with Gasteiger partial charge in [-0.25, -0.2) is 0 Å². The first kappa shape index (κ1) is 13.1. The van der Waals surface area contributed by atoms with E-state index in [4.69, 9.17) is 11.6 Å². The van der Waals surface area contributed by atoms with E-state index in [9.17, 15) is 0 Å². The molecule has 0 saturated carbocycles. The number of hydrogen-bond acceptors (Lipinski definition) is 2. The molecule has 18 heavy (non-hydrogen) atoms. The lowest BCUT2D eigenvalue weighted by molar-refractivity contribution is 1.27. The van der Waals surface area contributed by atoms with Crippen LogP contribution in [0.4, 0.5) is 0 Å². The largest absolute Gasteiger partial charge is 0.143 e. The van der Waals surface area contributed by atoms with Gasteiger partial charge in [-0.1, -0.05) is 45.7 Å². The molecule has 1 unspecified atom stereocenters. The Balaban J connectivity index is 2.09. The molecule has 5 heteroatoms. The van der Waals surface area contributed by atoms with E-state index in [-0.39, 0.29) is 4.83 Å². The van der Waals surface area contributed by atoms with E-state index in [1.807, 2.05) is 6.07 Å². The van der Waals surface area contributed by atoms with E-state index in [2.05, 4.69) is 61.5 Å². The fourth-order valence-corrected chi connectivity index (χ4v) is 5.53. The molecule has 0 amide bonds. The van der Waals surface area contributed by atoms with E-state index < -0.39 is 0 Å². The highest BCUT2D eigenvalue weighted by molar-refractivity contribution is 9.11. The van der Waals surface area contributed by atoms with Crippen LogP contribution in [0.25, 0.3) is 10.1 Å². The van der Waals surface area contributed by atoms with Crippen molar-refractivity contribution in [1.29, 1.82) is 0 Å². The molecule has 2 aromatic heterocycles. The van der Waals surface area contributed by atoms with Crippen LogP contribution in [0.15, 0.2) is 39.5 Å². The predicted molar refractivity (Wildman–Crippen MR) is 89.6 cm³/mol. The number of hydrogen-bond donors (Lipinski definition) is 0. The van der Waals surface area contributed by atoms with Gasteiger partial charge < -0.3 is 0 Å². The predicted octanol–water partition coefficient (Wildman–Crippen LogP) is 6.86. The third-order valence-corrected chi connectivity index (χ3v) is 7.51. The highest BCUT2D eigenvalue weighted by Crippen LogP contribution is 2.44. The number of fused-ring (bicyclic) bond motifs is 1. The molecule has 1 atom stereocenters. The Morgan fingerprint density at radius 2 is 2.00 bits per heavy atom. The average molecular weight is 423 g/mol. The zero-order valence-corrected chi connectivity index (χ0v) is 14.6. The third-order valence-electron chi connectivity index (χ3n) is 2.70. The molecular formula is C13H7Br2ClS2. The maximum atomic E-state index is 6.10. The molecule has 0 nitrogen and oxygen atoms in total. The standard InChI is InChI=1S/C13H7Br2ClS2/c14-12(11-5-9(16)13(15)18-11)8-6-17-10-4-2-1-3-7(8)10/h1-6,12H. The van der Waals surface area contributed by atoms with Crippen molar-refractivity contribution in [3.63, 3.8) is 0 Å². The van der Waals surface area contributed by atoms with Crippen molar-refractivity contribution in [2.45, 2.75) is 4.83 Å². The van der Waals surface area contributed by atoms with Crippen LogP contribution in [0.1, 0.15) is 15.3 Å². The smallest absolute Gasteiger partial charge is 0.0887 e. The summed E-state index contributed by atoms with van der Waals surface area (Å²) in [6, 6.07) is 10.5. The SMILES string of the molecule is Clc1cc(C(Br)c2csc3ccccc23)sc1Br. The molecule has 2 heterocycles. The maximum absolute atomic E-state index is 6.10. The van der Waals surface area contributed by atoms with Crippen molar-refractivity contribution in [2.24, 2.45) is 0 Å². The molecule has 0 N–H and O–H groups in total. The summed E-state index contributed by atoms with van der Waals surface area (Å²) in [7, 11) is 0. The molecular weight excluding hydrogens is 416 g/mol. The van der Waals surface area contributed by atoms with Crippen LogP contribution in [0.5, 0.6) is 0 Å². The fraction of sp³-hybridized carbons (Fsp3) is 0.0769. The molecule has 0 bridgehead atoms. The molecule has 92 valence electrons. The molecule has 0 aliphatic heterocycles. The van der Waals surface area contributed by atoms with Gasteiger partial charge in [-0.2, -0.15) is 0 Å². The second-order valence-electron chi connectivity index (χ2n) is 3.82. The Hall–Kier alpha value is 0.130. The van der Waals surface area contributed by atoms with Crippen molar-refractivity contribution < 1.29 is 0 Å². The minimum absolute atomic E-state index is 0.197. The monoisotopic (exact) mass is 420 g/mol. The summed E-state index contributed by atoms with van der Waals surface area (Å²) < 4.78 is 2.31. The second-order valence-corrected chi connectivity index (χ2v) is 8.46. The highest BCUT2D eigenvalue weighted by Gasteiger charge is 2.18. The van der Waals surface area contributed by atoms with Gasteiger partial charge in [-0.15, -0.1) is 22.7 Å². The average Bonchev–Trinajstić information content (AvgIpc) is 2.93. The minimum Gasteiger partial charge on any atom is -0.143 e. The number of thiophene rings is 2. The molecule has 3 rings (SSSR count). The number of halogens is 3. The van der Waals surface area contributed by atoms with Crippen LogP contribution in [0.2, 0.25) is 5.02 Å². The normalized spacial score (nSPS) is 13.1. The number of benzene rings is 1. The summed E-state index contributed by atoms with van der Waals surface area (Å²) in [6.45, 7) is 0. The molecule has 0 radical (unpaired) electrons. The van der Waals surface area contributed by atoms with Crippen molar-refractivity contribution in [2.75, 3.05) is 0 Å². The Bertz CT molecular complexity index is 682. The fourth-order valence-electron chi connectivity index (χ4n) is 1.84. The van der Waals surface area contributed by atoms with Gasteiger partial charge in [0.15, 0.2) is 0 Å². The topological polar surface area (TPSA) is 0 Å². The Morgan fingerprint density at radius 3 is 2.72 bits per heavy atom. The summed E-state index contributed by atoms with van der Waals surface area (Å²) in [6.07, 6.45) is 0. The van der Waals surface area contributed by atoms with Gasteiger partial charge in [-0.05, 0) is 44.4 Å². The first-order chi connectivity index (χ1) is 8.66. The van der Waals surface area contributed by atoms with Gasteiger partial charge in [0.05, 0.1) is 13.6 Å². The van der Waals surface area contributed by atoms with Crippen LogP contribution in [-0.2, 0) is 0 Å². The van der Waals surface area contributed by atoms with E-state index in [0.717, 1.165) is 8.81 Å². The van der Waals surface area contributed by atoms with E-state index in [1.165, 1.54) is 20.5 Å². The van der Waals surface area contributed by atoms with Crippen LogP contribution in [0.3, 0.4) is 0 Å². The lowest BCUT2D eigenvalue weighted by atomic mass is 10.1. The van der Waals surface area contributed by atoms with Gasteiger partial charge in [0.1, 0.15) is 0 Å². The Morgan fingerprint density at radius 1 is 1.22 bits per heavy atom. The molecule has 0 aliphatic rings. The van der Waals surface area contributed by atoms with Gasteiger partial charge in [0, 0.05) is 9.58 Å². The third kappa shape index (κ3) is 2.29. The van der Waals surface area contributed by atoms with Gasteiger partial charge >= 0.3 is 0 Å². The molecule has 1 aromatic carbocycles. The van der Waals surface area contributed by atoms with Crippen LogP contribution >= 0.6 is 66.1 Å². The van der Waals surface area contributed by atoms with Gasteiger partial charge in [0.2, 0.25) is 0 Å². The lowest BCUT2D eigenvalue weighted by Gasteiger charge is -2.06. The summed E-state index contributed by atoms with van der Waals surface area (Å²) in [5, 5.41) is 4.30. The van der Waals surface area contributed by atoms with Gasteiger partial charge in [0.25, 0.3) is 0 Å². The van der Waals surface area contributed by atoms with Crippen molar-refractivity contribution in [3.05, 3.63) is 55.0 Å². The van der Waals surface area contributed by atoms with E-state index >= 15 is 0 Å². The first-order valence-electron chi connectivity index (χ1n) is 5.21. The summed E-state index contributed by atoms with van der Waals surface area (Å²) >= 11 is 16.8. The van der Waals surface area contributed by atoms with E-state index in [1.54, 1.807) is 22.7 Å². The first-order valence-corrected chi connectivity index (χ1v) is 9.00. The quantitative estimate of drug-likeness (QED) is 0.396. The van der Waals surface area contributed by atoms with E-state index in [0.29, 0.717) is 0 Å². The second kappa shape index (κ2) is 5.25. The van der Waals surface area contributed by atoms with Crippen LogP contribution in [-0.4, -0.2) is 0 Å². The number of alkyl halides is 1. The number of rotatable bonds is 2. The van der Waals surface area contributed by atoms with Crippen LogP contribution in [0, 0.1) is 0 Å². The lowest BCUT2D eigenvalue weighted by Crippen LogP contribution is -1.86. The molecule has 0 saturated heterocycles. The molecule has 3 aromatic rings. The summed E-state index contributed by atoms with van der Waals surface area (Å²) in [4.78, 5) is 1.41. The van der Waals surface area contributed by atoms with Crippen molar-refractivity contribution >= 4 is 76.2 Å².